The number of thiazole rings is 1. The van der Waals surface area contributed by atoms with Crippen molar-refractivity contribution in [3.05, 3.63) is 70.8 Å². The van der Waals surface area contributed by atoms with Crippen LogP contribution in [-0.2, 0) is 11.8 Å². The second kappa shape index (κ2) is 6.07. The highest BCUT2D eigenvalue weighted by Crippen LogP contribution is 2.17. The fourth-order valence-corrected chi connectivity index (χ4v) is 3.13. The molecular formula is C17H13FN2OS. The van der Waals surface area contributed by atoms with Gasteiger partial charge < -0.3 is 4.57 Å². The molecular weight excluding hydrogens is 299 g/mol. The number of carbonyl (C=O) groups is 1. The molecule has 0 radical (unpaired) electrons. The lowest BCUT2D eigenvalue weighted by molar-refractivity contribution is -0.113. The number of carbonyl (C=O) groups excluding carboxylic acids is 1. The van der Waals surface area contributed by atoms with Gasteiger partial charge in [-0.25, -0.2) is 4.39 Å². The number of nitrogens with zero attached hydrogens (tertiary/aromatic N) is 2. The molecule has 0 bridgehead atoms. The van der Waals surface area contributed by atoms with Gasteiger partial charge in [0, 0.05) is 13.1 Å². The highest BCUT2D eigenvalue weighted by atomic mass is 32.1. The Kier molecular flexibility index (Phi) is 3.98. The Balaban J connectivity index is 1.93. The molecule has 3 rings (SSSR count). The van der Waals surface area contributed by atoms with Crippen molar-refractivity contribution in [2.45, 2.75) is 0 Å². The van der Waals surface area contributed by atoms with E-state index < -0.39 is 0 Å². The number of aromatic nitrogens is 1. The first-order valence-electron chi connectivity index (χ1n) is 6.70. The molecule has 5 heteroatoms. The molecule has 0 N–H and O–H groups in total. The minimum Gasteiger partial charge on any atom is -0.319 e. The molecule has 1 amide bonds. The third kappa shape index (κ3) is 3.04. The van der Waals surface area contributed by atoms with Crippen LogP contribution in [0.2, 0.25) is 0 Å². The number of fused-ring (bicyclic) bond motifs is 1. The SMILES string of the molecule is Cn1c(=NC(=O)C=Cc2ccccc2)sc2cc(F)ccc21. The molecule has 22 heavy (non-hydrogen) atoms. The molecule has 3 aromatic rings. The van der Waals surface area contributed by atoms with Gasteiger partial charge in [0.15, 0.2) is 4.80 Å². The van der Waals surface area contributed by atoms with Crippen LogP contribution in [0.4, 0.5) is 4.39 Å². The van der Waals surface area contributed by atoms with E-state index in [1.807, 2.05) is 37.4 Å². The Labute approximate surface area is 130 Å². The van der Waals surface area contributed by atoms with Crippen LogP contribution in [0.15, 0.2) is 59.6 Å². The van der Waals surface area contributed by atoms with Crippen molar-refractivity contribution in [1.82, 2.24) is 4.57 Å². The monoisotopic (exact) mass is 312 g/mol. The van der Waals surface area contributed by atoms with Crippen LogP contribution in [0.5, 0.6) is 0 Å². The number of aryl methyl sites for hydroxylation is 1. The maximum Gasteiger partial charge on any atom is 0.272 e. The van der Waals surface area contributed by atoms with Crippen molar-refractivity contribution in [3.8, 4) is 0 Å². The molecule has 0 unspecified atom stereocenters. The Morgan fingerprint density at radius 2 is 2.00 bits per heavy atom. The van der Waals surface area contributed by atoms with Gasteiger partial charge in [-0.3, -0.25) is 4.79 Å². The molecule has 1 heterocycles. The van der Waals surface area contributed by atoms with E-state index in [1.54, 1.807) is 16.7 Å². The fraction of sp³-hybridized carbons (Fsp3) is 0.0588. The van der Waals surface area contributed by atoms with Gasteiger partial charge in [0.1, 0.15) is 5.82 Å². The van der Waals surface area contributed by atoms with Crippen molar-refractivity contribution < 1.29 is 9.18 Å². The largest absolute Gasteiger partial charge is 0.319 e. The van der Waals surface area contributed by atoms with E-state index in [4.69, 9.17) is 0 Å². The standard InChI is InChI=1S/C17H13FN2OS/c1-20-14-9-8-13(18)11-15(14)22-17(20)19-16(21)10-7-12-5-3-2-4-6-12/h2-11H,1H3. The van der Waals surface area contributed by atoms with Gasteiger partial charge in [0.25, 0.3) is 5.91 Å². The number of rotatable bonds is 2. The number of hydrogen-bond acceptors (Lipinski definition) is 2. The Morgan fingerprint density at radius 3 is 2.77 bits per heavy atom. The van der Waals surface area contributed by atoms with Crippen LogP contribution in [0.25, 0.3) is 16.3 Å². The lowest BCUT2D eigenvalue weighted by atomic mass is 10.2. The topological polar surface area (TPSA) is 34.4 Å². The molecule has 3 nitrogen and oxygen atoms in total. The van der Waals surface area contributed by atoms with Gasteiger partial charge in [-0.1, -0.05) is 41.7 Å². The van der Waals surface area contributed by atoms with Gasteiger partial charge in [0.2, 0.25) is 0 Å². The zero-order valence-corrected chi connectivity index (χ0v) is 12.7. The van der Waals surface area contributed by atoms with Crippen LogP contribution in [0, 0.1) is 5.82 Å². The van der Waals surface area contributed by atoms with Gasteiger partial charge in [-0.05, 0) is 29.8 Å². The van der Waals surface area contributed by atoms with Crippen LogP contribution in [-0.4, -0.2) is 10.5 Å². The number of benzene rings is 2. The highest BCUT2D eigenvalue weighted by molar-refractivity contribution is 7.16. The van der Waals surface area contributed by atoms with Gasteiger partial charge in [-0.15, -0.1) is 0 Å². The zero-order valence-electron chi connectivity index (χ0n) is 11.9. The average molecular weight is 312 g/mol. The molecule has 0 aliphatic carbocycles. The van der Waals surface area contributed by atoms with Crippen LogP contribution in [0.3, 0.4) is 0 Å². The minimum atomic E-state index is -0.341. The first-order chi connectivity index (χ1) is 10.6. The van der Waals surface area contributed by atoms with E-state index >= 15 is 0 Å². The number of amides is 1. The summed E-state index contributed by atoms with van der Waals surface area (Å²) in [6, 6.07) is 14.1. The summed E-state index contributed by atoms with van der Waals surface area (Å²) in [5.74, 6) is -0.636. The van der Waals surface area contributed by atoms with E-state index in [0.29, 0.717) is 4.80 Å². The lowest BCUT2D eigenvalue weighted by Gasteiger charge is -1.94. The van der Waals surface area contributed by atoms with Crippen molar-refractivity contribution in [3.63, 3.8) is 0 Å². The molecule has 1 aromatic heterocycles. The van der Waals surface area contributed by atoms with Gasteiger partial charge >= 0.3 is 0 Å². The minimum absolute atomic E-state index is 0.295. The summed E-state index contributed by atoms with van der Waals surface area (Å²) in [5.41, 5.74) is 1.79. The second-order valence-electron chi connectivity index (χ2n) is 4.75. The Hall–Kier alpha value is -2.53. The third-order valence-electron chi connectivity index (χ3n) is 3.20. The molecule has 0 fully saturated rings. The smallest absolute Gasteiger partial charge is 0.272 e. The predicted octanol–water partition coefficient (Wildman–Crippen LogP) is 3.52. The lowest BCUT2D eigenvalue weighted by Crippen LogP contribution is -2.12. The van der Waals surface area contributed by atoms with E-state index in [-0.39, 0.29) is 11.7 Å². The number of hydrogen-bond donors (Lipinski definition) is 0. The summed E-state index contributed by atoms with van der Waals surface area (Å²) in [4.78, 5) is 16.6. The summed E-state index contributed by atoms with van der Waals surface area (Å²) in [7, 11) is 1.81. The van der Waals surface area contributed by atoms with E-state index in [2.05, 4.69) is 4.99 Å². The van der Waals surface area contributed by atoms with Gasteiger partial charge in [-0.2, -0.15) is 4.99 Å². The first-order valence-corrected chi connectivity index (χ1v) is 7.52. The molecule has 0 aliphatic rings. The molecule has 0 saturated carbocycles. The maximum atomic E-state index is 13.2. The highest BCUT2D eigenvalue weighted by Gasteiger charge is 2.04. The molecule has 0 saturated heterocycles. The van der Waals surface area contributed by atoms with Crippen molar-refractivity contribution in [1.29, 1.82) is 0 Å². The Bertz CT molecular complexity index is 923. The zero-order chi connectivity index (χ0) is 15.5. The predicted molar refractivity (Wildman–Crippen MR) is 86.8 cm³/mol. The van der Waals surface area contributed by atoms with Gasteiger partial charge in [0.05, 0.1) is 10.2 Å². The van der Waals surface area contributed by atoms with Crippen LogP contribution in [0.1, 0.15) is 5.56 Å². The Morgan fingerprint density at radius 1 is 1.23 bits per heavy atom. The summed E-state index contributed by atoms with van der Waals surface area (Å²) in [6.07, 6.45) is 3.15. The summed E-state index contributed by atoms with van der Waals surface area (Å²) >= 11 is 1.29. The van der Waals surface area contributed by atoms with Crippen LogP contribution < -0.4 is 4.80 Å². The van der Waals surface area contributed by atoms with E-state index in [0.717, 1.165) is 15.8 Å². The number of halogens is 1. The summed E-state index contributed by atoms with van der Waals surface area (Å²) < 4.78 is 15.8. The van der Waals surface area contributed by atoms with Crippen molar-refractivity contribution in [2.24, 2.45) is 12.0 Å². The normalized spacial score (nSPS) is 12.4. The fourth-order valence-electron chi connectivity index (χ4n) is 2.08. The molecule has 0 aliphatic heterocycles. The molecule has 0 spiro atoms. The molecule has 0 atom stereocenters. The average Bonchev–Trinajstić information content (AvgIpc) is 2.82. The van der Waals surface area contributed by atoms with Crippen molar-refractivity contribution >= 4 is 33.5 Å². The maximum absolute atomic E-state index is 13.2. The van der Waals surface area contributed by atoms with Crippen LogP contribution >= 0.6 is 11.3 Å². The second-order valence-corrected chi connectivity index (χ2v) is 5.76. The summed E-state index contributed by atoms with van der Waals surface area (Å²) in [5, 5.41) is 0. The quantitative estimate of drug-likeness (QED) is 0.667. The molecule has 110 valence electrons. The third-order valence-corrected chi connectivity index (χ3v) is 4.29. The molecule has 2 aromatic carbocycles. The summed E-state index contributed by atoms with van der Waals surface area (Å²) in [6.45, 7) is 0. The van der Waals surface area contributed by atoms with E-state index in [1.165, 1.54) is 29.5 Å². The van der Waals surface area contributed by atoms with E-state index in [9.17, 15) is 9.18 Å². The van der Waals surface area contributed by atoms with Crippen molar-refractivity contribution in [2.75, 3.05) is 0 Å². The first kappa shape index (κ1) is 14.4.